The first kappa shape index (κ1) is 42.5. The lowest BCUT2D eigenvalue weighted by atomic mass is 9.76. The van der Waals surface area contributed by atoms with Crippen molar-refractivity contribution in [3.05, 3.63) is 179 Å². The van der Waals surface area contributed by atoms with Crippen molar-refractivity contribution < 1.29 is 4.74 Å². The number of benzene rings is 6. The van der Waals surface area contributed by atoms with E-state index in [1.807, 2.05) is 36.5 Å². The third kappa shape index (κ3) is 7.68. The molecular formula is C58H59N5O. The molecule has 0 saturated carbocycles. The molecule has 0 fully saturated rings. The van der Waals surface area contributed by atoms with Crippen LogP contribution in [0, 0.1) is 11.3 Å². The SMILES string of the molecule is CC(C)(C)c1cc(N2CN(c3cccc(Oc4ccc5c6cc(C#N)ccc6n(-c6cc(C(C)(C)C)ccn6)c5c4)c3)c3cccc(C(C)(C)c4ccccc4)c32)cc(C(C)(C)C)c1. The zero-order valence-corrected chi connectivity index (χ0v) is 39.2. The number of nitriles is 1. The Balaban J connectivity index is 1.15. The molecule has 2 aromatic heterocycles. The molecule has 322 valence electrons. The summed E-state index contributed by atoms with van der Waals surface area (Å²) in [6.07, 6.45) is 1.89. The van der Waals surface area contributed by atoms with Crippen LogP contribution in [0.2, 0.25) is 0 Å². The van der Waals surface area contributed by atoms with Crippen molar-refractivity contribution in [1.82, 2.24) is 9.55 Å². The van der Waals surface area contributed by atoms with E-state index >= 15 is 0 Å². The molecule has 0 amide bonds. The van der Waals surface area contributed by atoms with Gasteiger partial charge in [-0.25, -0.2) is 4.98 Å². The number of pyridine rings is 1. The minimum Gasteiger partial charge on any atom is -0.457 e. The number of anilines is 4. The highest BCUT2D eigenvalue weighted by Crippen LogP contribution is 2.52. The fourth-order valence-electron chi connectivity index (χ4n) is 9.14. The predicted molar refractivity (Wildman–Crippen MR) is 267 cm³/mol. The van der Waals surface area contributed by atoms with E-state index in [-0.39, 0.29) is 21.7 Å². The molecule has 0 spiro atoms. The summed E-state index contributed by atoms with van der Waals surface area (Å²) in [5, 5.41) is 11.9. The second-order valence-corrected chi connectivity index (χ2v) is 21.0. The van der Waals surface area contributed by atoms with Crippen molar-refractivity contribution in [2.45, 2.75) is 97.8 Å². The van der Waals surface area contributed by atoms with Crippen LogP contribution in [-0.4, -0.2) is 16.2 Å². The van der Waals surface area contributed by atoms with Gasteiger partial charge in [-0.05, 0) is 117 Å². The largest absolute Gasteiger partial charge is 0.457 e. The molecule has 1 aliphatic heterocycles. The molecule has 0 aliphatic carbocycles. The van der Waals surface area contributed by atoms with Crippen LogP contribution in [-0.2, 0) is 21.7 Å². The summed E-state index contributed by atoms with van der Waals surface area (Å²) in [6.45, 7) is 25.8. The van der Waals surface area contributed by atoms with Crippen LogP contribution in [0.25, 0.3) is 27.6 Å². The Labute approximate surface area is 379 Å². The molecule has 0 saturated heterocycles. The number of hydrogen-bond acceptors (Lipinski definition) is 5. The second kappa shape index (κ2) is 15.5. The molecule has 9 rings (SSSR count). The lowest BCUT2D eigenvalue weighted by molar-refractivity contribution is 0.483. The third-order valence-corrected chi connectivity index (χ3v) is 13.1. The monoisotopic (exact) mass is 841 g/mol. The number of ether oxygens (including phenoxy) is 1. The molecule has 6 heteroatoms. The van der Waals surface area contributed by atoms with E-state index in [9.17, 15) is 5.26 Å². The topological polar surface area (TPSA) is 57.3 Å². The minimum atomic E-state index is -0.277. The van der Waals surface area contributed by atoms with Crippen LogP contribution in [0.3, 0.4) is 0 Å². The minimum absolute atomic E-state index is 0.0311. The Morgan fingerprint density at radius 1 is 0.531 bits per heavy atom. The van der Waals surface area contributed by atoms with Gasteiger partial charge in [-0.3, -0.25) is 4.57 Å². The van der Waals surface area contributed by atoms with Crippen molar-refractivity contribution in [3.8, 4) is 23.4 Å². The molecule has 64 heavy (non-hydrogen) atoms. The fourth-order valence-corrected chi connectivity index (χ4v) is 9.14. The lowest BCUT2D eigenvalue weighted by Crippen LogP contribution is -2.27. The zero-order chi connectivity index (χ0) is 45.3. The third-order valence-electron chi connectivity index (χ3n) is 13.1. The summed E-state index contributed by atoms with van der Waals surface area (Å²) in [6, 6.07) is 52.0. The molecular weight excluding hydrogens is 783 g/mol. The average molecular weight is 842 g/mol. The summed E-state index contributed by atoms with van der Waals surface area (Å²) in [4.78, 5) is 9.83. The molecule has 0 unspecified atom stereocenters. The van der Waals surface area contributed by atoms with E-state index in [4.69, 9.17) is 9.72 Å². The summed E-state index contributed by atoms with van der Waals surface area (Å²) in [7, 11) is 0. The quantitative estimate of drug-likeness (QED) is 0.160. The Hall–Kier alpha value is -6.84. The van der Waals surface area contributed by atoms with Gasteiger partial charge >= 0.3 is 0 Å². The van der Waals surface area contributed by atoms with E-state index in [1.165, 1.54) is 39.2 Å². The van der Waals surface area contributed by atoms with Crippen LogP contribution < -0.4 is 14.5 Å². The first-order valence-corrected chi connectivity index (χ1v) is 22.4. The summed E-state index contributed by atoms with van der Waals surface area (Å²) >= 11 is 0. The number of para-hydroxylation sites is 1. The molecule has 6 nitrogen and oxygen atoms in total. The molecule has 6 aromatic carbocycles. The number of aromatic nitrogens is 2. The summed E-state index contributed by atoms with van der Waals surface area (Å²) in [5.41, 5.74) is 13.2. The van der Waals surface area contributed by atoms with Gasteiger partial charge in [0.15, 0.2) is 0 Å². The van der Waals surface area contributed by atoms with E-state index in [2.05, 4.69) is 206 Å². The van der Waals surface area contributed by atoms with E-state index < -0.39 is 0 Å². The summed E-state index contributed by atoms with van der Waals surface area (Å²) < 4.78 is 9.00. The first-order chi connectivity index (χ1) is 30.3. The maximum absolute atomic E-state index is 9.84. The van der Waals surface area contributed by atoms with Gasteiger partial charge in [-0.2, -0.15) is 5.26 Å². The van der Waals surface area contributed by atoms with Crippen molar-refractivity contribution >= 4 is 44.6 Å². The number of fused-ring (bicyclic) bond motifs is 4. The molecule has 0 N–H and O–H groups in total. The predicted octanol–water partition coefficient (Wildman–Crippen LogP) is 15.3. The second-order valence-electron chi connectivity index (χ2n) is 21.0. The van der Waals surface area contributed by atoms with Crippen molar-refractivity contribution in [1.29, 1.82) is 5.26 Å². The van der Waals surface area contributed by atoms with Gasteiger partial charge in [0, 0.05) is 45.9 Å². The molecule has 8 aromatic rings. The summed E-state index contributed by atoms with van der Waals surface area (Å²) in [5.74, 6) is 2.28. The highest BCUT2D eigenvalue weighted by molar-refractivity contribution is 6.10. The average Bonchev–Trinajstić information content (AvgIpc) is 3.81. The zero-order valence-electron chi connectivity index (χ0n) is 39.2. The molecule has 1 aliphatic rings. The smallest absolute Gasteiger partial charge is 0.137 e. The van der Waals surface area contributed by atoms with Crippen molar-refractivity contribution in [2.24, 2.45) is 0 Å². The lowest BCUT2D eigenvalue weighted by Gasteiger charge is -2.33. The van der Waals surface area contributed by atoms with Gasteiger partial charge in [0.25, 0.3) is 0 Å². The molecule has 0 radical (unpaired) electrons. The fraction of sp³-hybridized carbons (Fsp3) is 0.276. The first-order valence-electron chi connectivity index (χ1n) is 22.4. The Bertz CT molecular complexity index is 3080. The van der Waals surface area contributed by atoms with Crippen molar-refractivity contribution in [2.75, 3.05) is 16.5 Å². The van der Waals surface area contributed by atoms with Gasteiger partial charge in [0.1, 0.15) is 24.0 Å². The maximum Gasteiger partial charge on any atom is 0.137 e. The van der Waals surface area contributed by atoms with Gasteiger partial charge in [0.05, 0.1) is 34.0 Å². The van der Waals surface area contributed by atoms with Crippen molar-refractivity contribution in [3.63, 3.8) is 0 Å². The van der Waals surface area contributed by atoms with Gasteiger partial charge in [0.2, 0.25) is 0 Å². The number of nitrogens with zero attached hydrogens (tertiary/aromatic N) is 5. The maximum atomic E-state index is 9.84. The number of rotatable bonds is 7. The highest BCUT2D eigenvalue weighted by Gasteiger charge is 2.37. The van der Waals surface area contributed by atoms with E-state index in [0.29, 0.717) is 18.0 Å². The van der Waals surface area contributed by atoms with Gasteiger partial charge in [-0.1, -0.05) is 131 Å². The number of hydrogen-bond donors (Lipinski definition) is 0. The standard InChI is InChI=1S/C58H59N5O/c1-55(2,3)40-27-28-60-53(33-40)63-50-26-23-38(36-59)29-48(50)47-25-24-46(35-52(47)63)64-45-20-15-19-43(34-45)61-37-62(44-31-41(56(4,5)6)30-42(32-44)57(7,8)9)54-49(21-16-22-51(54)61)58(10,11)39-17-13-12-14-18-39/h12-35H,37H2,1-11H3. The Morgan fingerprint density at radius 3 is 1.91 bits per heavy atom. The Morgan fingerprint density at radius 2 is 1.22 bits per heavy atom. The van der Waals surface area contributed by atoms with Gasteiger partial charge in [-0.15, -0.1) is 0 Å². The van der Waals surface area contributed by atoms with Gasteiger partial charge < -0.3 is 14.5 Å². The van der Waals surface area contributed by atoms with Crippen LogP contribution in [0.4, 0.5) is 22.7 Å². The molecule has 0 atom stereocenters. The van der Waals surface area contributed by atoms with Crippen LogP contribution in [0.1, 0.15) is 110 Å². The highest BCUT2D eigenvalue weighted by atomic mass is 16.5. The Kier molecular flexibility index (Phi) is 10.3. The molecule has 3 heterocycles. The van der Waals surface area contributed by atoms with Crippen LogP contribution in [0.15, 0.2) is 146 Å². The molecule has 0 bridgehead atoms. The van der Waals surface area contributed by atoms with E-state index in [1.54, 1.807) is 0 Å². The normalized spacial score (nSPS) is 13.4. The van der Waals surface area contributed by atoms with E-state index in [0.717, 1.165) is 44.7 Å². The van der Waals surface area contributed by atoms with Crippen LogP contribution >= 0.6 is 0 Å². The van der Waals surface area contributed by atoms with Crippen LogP contribution in [0.5, 0.6) is 11.5 Å².